The third kappa shape index (κ3) is 2.42. The number of benzene rings is 2. The summed E-state index contributed by atoms with van der Waals surface area (Å²) >= 11 is 0. The molecular formula is C17H12F2N2O2. The molecule has 116 valence electrons. The summed E-state index contributed by atoms with van der Waals surface area (Å²) in [6, 6.07) is 15.9. The van der Waals surface area contributed by atoms with Gasteiger partial charge in [-0.15, -0.1) is 0 Å². The Morgan fingerprint density at radius 3 is 2.52 bits per heavy atom. The molecule has 4 rings (SSSR count). The molecule has 4 nitrogen and oxygen atoms in total. The number of rotatable bonds is 3. The fourth-order valence-electron chi connectivity index (χ4n) is 2.53. The molecule has 3 aromatic rings. The Labute approximate surface area is 130 Å². The zero-order chi connectivity index (χ0) is 15.8. The molecule has 2 aromatic carbocycles. The van der Waals surface area contributed by atoms with E-state index in [1.807, 2.05) is 30.3 Å². The summed E-state index contributed by atoms with van der Waals surface area (Å²) < 4.78 is 38.3. The van der Waals surface area contributed by atoms with Crippen molar-refractivity contribution < 1.29 is 18.3 Å². The SMILES string of the molecule is FC(F)c1cc(-c2ccc3c(c2)OCO3)n(-c2ccccc2)n1. The van der Waals surface area contributed by atoms with Gasteiger partial charge in [-0.25, -0.2) is 13.5 Å². The fraction of sp³-hybridized carbons (Fsp3) is 0.118. The van der Waals surface area contributed by atoms with Crippen LogP contribution in [0.1, 0.15) is 12.1 Å². The number of aromatic nitrogens is 2. The molecule has 1 aliphatic heterocycles. The van der Waals surface area contributed by atoms with Crippen molar-refractivity contribution in [1.29, 1.82) is 0 Å². The first-order chi connectivity index (χ1) is 11.2. The Balaban J connectivity index is 1.87. The average Bonchev–Trinajstić information content (AvgIpc) is 3.22. The molecule has 1 aromatic heterocycles. The van der Waals surface area contributed by atoms with Crippen LogP contribution in [0.2, 0.25) is 0 Å². The molecule has 0 unspecified atom stereocenters. The minimum absolute atomic E-state index is 0.166. The molecule has 0 fully saturated rings. The highest BCUT2D eigenvalue weighted by atomic mass is 19.3. The first kappa shape index (κ1) is 13.8. The number of hydrogen-bond donors (Lipinski definition) is 0. The standard InChI is InChI=1S/C17H12F2N2O2/c18-17(19)13-9-14(21(20-13)12-4-2-1-3-5-12)11-6-7-15-16(8-11)23-10-22-15/h1-9,17H,10H2. The lowest BCUT2D eigenvalue weighted by Crippen LogP contribution is -1.99. The number of fused-ring (bicyclic) bond motifs is 1. The molecule has 0 N–H and O–H groups in total. The van der Waals surface area contributed by atoms with Gasteiger partial charge in [-0.1, -0.05) is 18.2 Å². The Kier molecular flexibility index (Phi) is 3.22. The number of para-hydroxylation sites is 1. The van der Waals surface area contributed by atoms with Crippen LogP contribution in [0, 0.1) is 0 Å². The highest BCUT2D eigenvalue weighted by Crippen LogP contribution is 2.37. The Hall–Kier alpha value is -2.89. The monoisotopic (exact) mass is 314 g/mol. The number of alkyl halides is 2. The molecule has 0 saturated carbocycles. The molecular weight excluding hydrogens is 302 g/mol. The number of nitrogens with zero attached hydrogens (tertiary/aromatic N) is 2. The Morgan fingerprint density at radius 1 is 0.957 bits per heavy atom. The van der Waals surface area contributed by atoms with E-state index in [2.05, 4.69) is 5.10 Å². The lowest BCUT2D eigenvalue weighted by atomic mass is 10.1. The quantitative estimate of drug-likeness (QED) is 0.727. The molecule has 6 heteroatoms. The summed E-state index contributed by atoms with van der Waals surface area (Å²) in [6.07, 6.45) is -2.63. The summed E-state index contributed by atoms with van der Waals surface area (Å²) in [4.78, 5) is 0. The van der Waals surface area contributed by atoms with Crippen LogP contribution in [0.5, 0.6) is 11.5 Å². The summed E-state index contributed by atoms with van der Waals surface area (Å²) in [7, 11) is 0. The topological polar surface area (TPSA) is 36.3 Å². The smallest absolute Gasteiger partial charge is 0.282 e. The second-order valence-electron chi connectivity index (χ2n) is 5.07. The van der Waals surface area contributed by atoms with E-state index in [1.54, 1.807) is 18.2 Å². The molecule has 23 heavy (non-hydrogen) atoms. The predicted octanol–water partition coefficient (Wildman–Crippen LogP) is 4.21. The minimum atomic E-state index is -2.63. The van der Waals surface area contributed by atoms with E-state index >= 15 is 0 Å². The van der Waals surface area contributed by atoms with Gasteiger partial charge in [-0.2, -0.15) is 5.10 Å². The number of ether oxygens (including phenoxy) is 2. The largest absolute Gasteiger partial charge is 0.454 e. The third-order valence-corrected chi connectivity index (χ3v) is 3.62. The Morgan fingerprint density at radius 2 is 1.74 bits per heavy atom. The van der Waals surface area contributed by atoms with Gasteiger partial charge in [-0.3, -0.25) is 0 Å². The van der Waals surface area contributed by atoms with E-state index in [4.69, 9.17) is 9.47 Å². The summed E-state index contributed by atoms with van der Waals surface area (Å²) in [5, 5.41) is 4.04. The van der Waals surface area contributed by atoms with Crippen LogP contribution >= 0.6 is 0 Å². The zero-order valence-corrected chi connectivity index (χ0v) is 11.9. The maximum Gasteiger partial charge on any atom is 0.282 e. The lowest BCUT2D eigenvalue weighted by Gasteiger charge is -2.08. The lowest BCUT2D eigenvalue weighted by molar-refractivity contribution is 0.145. The molecule has 0 bridgehead atoms. The molecule has 0 spiro atoms. The van der Waals surface area contributed by atoms with Crippen molar-refractivity contribution in [1.82, 2.24) is 9.78 Å². The average molecular weight is 314 g/mol. The molecule has 0 amide bonds. The van der Waals surface area contributed by atoms with Crippen molar-refractivity contribution in [2.24, 2.45) is 0 Å². The van der Waals surface area contributed by atoms with Gasteiger partial charge in [0.05, 0.1) is 11.4 Å². The molecule has 1 aliphatic rings. The maximum atomic E-state index is 13.1. The summed E-state index contributed by atoms with van der Waals surface area (Å²) in [6.45, 7) is 0.166. The Bertz CT molecular complexity index is 847. The van der Waals surface area contributed by atoms with Crippen LogP contribution in [0.3, 0.4) is 0 Å². The molecule has 0 aliphatic carbocycles. The molecule has 0 radical (unpaired) electrons. The van der Waals surface area contributed by atoms with Gasteiger partial charge in [0.2, 0.25) is 6.79 Å². The first-order valence-corrected chi connectivity index (χ1v) is 7.06. The van der Waals surface area contributed by atoms with Gasteiger partial charge < -0.3 is 9.47 Å². The second-order valence-corrected chi connectivity index (χ2v) is 5.07. The van der Waals surface area contributed by atoms with E-state index in [9.17, 15) is 8.78 Å². The summed E-state index contributed by atoms with van der Waals surface area (Å²) in [5.74, 6) is 1.25. The van der Waals surface area contributed by atoms with Crippen molar-refractivity contribution in [3.8, 4) is 28.4 Å². The van der Waals surface area contributed by atoms with Crippen molar-refractivity contribution >= 4 is 0 Å². The number of halogens is 2. The van der Waals surface area contributed by atoms with Gasteiger partial charge >= 0.3 is 0 Å². The second kappa shape index (κ2) is 5.39. The maximum absolute atomic E-state index is 13.1. The van der Waals surface area contributed by atoms with Gasteiger partial charge in [0.15, 0.2) is 11.5 Å². The van der Waals surface area contributed by atoms with Crippen molar-refractivity contribution in [3.63, 3.8) is 0 Å². The molecule has 0 atom stereocenters. The first-order valence-electron chi connectivity index (χ1n) is 7.06. The predicted molar refractivity (Wildman–Crippen MR) is 80.1 cm³/mol. The van der Waals surface area contributed by atoms with Gasteiger partial charge in [0.1, 0.15) is 5.69 Å². The van der Waals surface area contributed by atoms with Crippen molar-refractivity contribution in [2.45, 2.75) is 6.43 Å². The van der Waals surface area contributed by atoms with E-state index < -0.39 is 6.43 Å². The van der Waals surface area contributed by atoms with Gasteiger partial charge in [-0.05, 0) is 36.4 Å². The fourth-order valence-corrected chi connectivity index (χ4v) is 2.53. The van der Waals surface area contributed by atoms with E-state index in [0.717, 1.165) is 5.56 Å². The third-order valence-electron chi connectivity index (χ3n) is 3.62. The van der Waals surface area contributed by atoms with Crippen LogP contribution in [0.25, 0.3) is 16.9 Å². The van der Waals surface area contributed by atoms with Crippen LogP contribution in [0.15, 0.2) is 54.6 Å². The van der Waals surface area contributed by atoms with Crippen molar-refractivity contribution in [2.75, 3.05) is 6.79 Å². The number of hydrogen-bond acceptors (Lipinski definition) is 3. The van der Waals surface area contributed by atoms with Crippen LogP contribution in [0.4, 0.5) is 8.78 Å². The van der Waals surface area contributed by atoms with Gasteiger partial charge in [0, 0.05) is 5.56 Å². The molecule has 2 heterocycles. The highest BCUT2D eigenvalue weighted by Gasteiger charge is 2.20. The highest BCUT2D eigenvalue weighted by molar-refractivity contribution is 5.67. The molecule has 0 saturated heterocycles. The van der Waals surface area contributed by atoms with E-state index in [0.29, 0.717) is 22.9 Å². The summed E-state index contributed by atoms with van der Waals surface area (Å²) in [5.41, 5.74) is 1.76. The zero-order valence-electron chi connectivity index (χ0n) is 11.9. The minimum Gasteiger partial charge on any atom is -0.454 e. The van der Waals surface area contributed by atoms with Crippen LogP contribution in [-0.2, 0) is 0 Å². The van der Waals surface area contributed by atoms with E-state index in [1.165, 1.54) is 10.7 Å². The van der Waals surface area contributed by atoms with Gasteiger partial charge in [0.25, 0.3) is 6.43 Å². The van der Waals surface area contributed by atoms with Crippen molar-refractivity contribution in [3.05, 3.63) is 60.3 Å². The normalized spacial score (nSPS) is 12.8. The van der Waals surface area contributed by atoms with Crippen LogP contribution < -0.4 is 9.47 Å². The van der Waals surface area contributed by atoms with E-state index in [-0.39, 0.29) is 12.5 Å². The van der Waals surface area contributed by atoms with Crippen LogP contribution in [-0.4, -0.2) is 16.6 Å².